The zero-order valence-corrected chi connectivity index (χ0v) is 16.2. The van der Waals surface area contributed by atoms with Gasteiger partial charge in [0.25, 0.3) is 0 Å². The van der Waals surface area contributed by atoms with Crippen molar-refractivity contribution in [3.05, 3.63) is 58.2 Å². The summed E-state index contributed by atoms with van der Waals surface area (Å²) in [6.07, 6.45) is -3.39. The van der Waals surface area contributed by atoms with Crippen molar-refractivity contribution in [2.75, 3.05) is 13.1 Å². The quantitative estimate of drug-likeness (QED) is 0.658. The number of ether oxygens (including phenoxy) is 1. The topological polar surface area (TPSA) is 71.5 Å². The maximum absolute atomic E-state index is 14.0. The molecule has 164 valence electrons. The van der Waals surface area contributed by atoms with Crippen LogP contribution < -0.4 is 10.1 Å². The molecule has 0 unspecified atom stereocenters. The van der Waals surface area contributed by atoms with E-state index in [1.54, 1.807) is 12.1 Å². The fourth-order valence-corrected chi connectivity index (χ4v) is 2.85. The lowest BCUT2D eigenvalue weighted by molar-refractivity contribution is -0.192. The van der Waals surface area contributed by atoms with E-state index < -0.39 is 18.0 Å². The Morgan fingerprint density at radius 3 is 2.37 bits per heavy atom. The van der Waals surface area contributed by atoms with Crippen LogP contribution in [0.1, 0.15) is 30.0 Å². The number of pyridine rings is 1. The van der Waals surface area contributed by atoms with Gasteiger partial charge in [0, 0.05) is 22.6 Å². The molecule has 0 radical (unpaired) electrons. The highest BCUT2D eigenvalue weighted by molar-refractivity contribution is 6.30. The van der Waals surface area contributed by atoms with Crippen LogP contribution in [0.2, 0.25) is 5.02 Å². The number of carboxylic acids is 1. The average molecular weight is 453 g/mol. The van der Waals surface area contributed by atoms with Crippen LogP contribution in [0.15, 0.2) is 30.3 Å². The molecule has 1 aliphatic heterocycles. The molecule has 1 aromatic heterocycles. The van der Waals surface area contributed by atoms with Gasteiger partial charge in [-0.05, 0) is 44.1 Å². The summed E-state index contributed by atoms with van der Waals surface area (Å²) in [6, 6.07) is 7.22. The highest BCUT2D eigenvalue weighted by Crippen LogP contribution is 2.27. The second-order valence-corrected chi connectivity index (χ2v) is 6.80. The summed E-state index contributed by atoms with van der Waals surface area (Å²) in [5.41, 5.74) is 0.810. The average Bonchev–Trinajstić information content (AvgIpc) is 2.69. The second kappa shape index (κ2) is 10.5. The second-order valence-electron chi connectivity index (χ2n) is 6.37. The number of nitrogens with one attached hydrogen (secondary N) is 1. The number of hydrogen-bond donors (Lipinski definition) is 2. The summed E-state index contributed by atoms with van der Waals surface area (Å²) in [6.45, 7) is 1.73. The van der Waals surface area contributed by atoms with Gasteiger partial charge in [-0.15, -0.1) is 0 Å². The monoisotopic (exact) mass is 452 g/mol. The van der Waals surface area contributed by atoms with E-state index in [4.69, 9.17) is 26.2 Å². The van der Waals surface area contributed by atoms with Gasteiger partial charge in [0.2, 0.25) is 5.88 Å². The largest absolute Gasteiger partial charge is 0.490 e. The number of aromatic nitrogens is 1. The van der Waals surface area contributed by atoms with E-state index in [0.717, 1.165) is 25.9 Å². The van der Waals surface area contributed by atoms with Gasteiger partial charge in [-0.1, -0.05) is 17.7 Å². The Morgan fingerprint density at radius 1 is 1.17 bits per heavy atom. The molecule has 1 aliphatic rings. The molecule has 1 aromatic carbocycles. The summed E-state index contributed by atoms with van der Waals surface area (Å²) in [5, 5.41) is 10.7. The summed E-state index contributed by atoms with van der Waals surface area (Å²) < 4.78 is 65.0. The van der Waals surface area contributed by atoms with E-state index in [1.807, 2.05) is 0 Å². The molecule has 1 fully saturated rings. The third-order valence-corrected chi connectivity index (χ3v) is 4.44. The molecule has 2 aromatic rings. The molecule has 0 atom stereocenters. The van der Waals surface area contributed by atoms with E-state index in [2.05, 4.69) is 10.3 Å². The summed E-state index contributed by atoms with van der Waals surface area (Å²) in [5.74, 6) is -3.12. The van der Waals surface area contributed by atoms with E-state index in [-0.39, 0.29) is 18.3 Å². The minimum Gasteiger partial charge on any atom is -0.475 e. The Morgan fingerprint density at radius 2 is 1.80 bits per heavy atom. The predicted molar refractivity (Wildman–Crippen MR) is 98.5 cm³/mol. The SMILES string of the molecule is Fc1cc(Cl)ccc1COc1ccc(F)c(C2CCNCC2)n1.O=C(O)C(F)(F)F. The van der Waals surface area contributed by atoms with Crippen LogP contribution in [0.25, 0.3) is 0 Å². The predicted octanol–water partition coefficient (Wildman–Crippen LogP) is 4.69. The molecule has 2 heterocycles. The maximum atomic E-state index is 14.0. The van der Waals surface area contributed by atoms with Crippen LogP contribution in [-0.2, 0) is 11.4 Å². The Labute approximate surface area is 173 Å². The van der Waals surface area contributed by atoms with Gasteiger partial charge in [-0.25, -0.2) is 18.6 Å². The molecular weight excluding hydrogens is 435 g/mol. The lowest BCUT2D eigenvalue weighted by atomic mass is 9.94. The molecule has 2 N–H and O–H groups in total. The first kappa shape index (κ1) is 23.8. The molecule has 0 aliphatic carbocycles. The van der Waals surface area contributed by atoms with E-state index in [1.165, 1.54) is 18.2 Å². The van der Waals surface area contributed by atoms with Crippen LogP contribution in [-0.4, -0.2) is 35.3 Å². The molecule has 5 nitrogen and oxygen atoms in total. The Balaban J connectivity index is 0.000000396. The van der Waals surface area contributed by atoms with E-state index in [0.29, 0.717) is 22.2 Å². The lowest BCUT2D eigenvalue weighted by Gasteiger charge is -2.22. The number of rotatable bonds is 4. The van der Waals surface area contributed by atoms with Gasteiger partial charge >= 0.3 is 12.1 Å². The van der Waals surface area contributed by atoms with Gasteiger partial charge < -0.3 is 15.2 Å². The molecule has 30 heavy (non-hydrogen) atoms. The number of carbonyl (C=O) groups is 1. The van der Waals surface area contributed by atoms with Crippen molar-refractivity contribution in [3.63, 3.8) is 0 Å². The summed E-state index contributed by atoms with van der Waals surface area (Å²) in [7, 11) is 0. The van der Waals surface area contributed by atoms with Crippen LogP contribution in [0.3, 0.4) is 0 Å². The zero-order chi connectivity index (χ0) is 22.3. The number of carboxylic acid groups (broad SMARTS) is 1. The molecule has 3 rings (SSSR count). The molecule has 0 saturated carbocycles. The first-order valence-electron chi connectivity index (χ1n) is 8.82. The number of nitrogens with zero attached hydrogens (tertiary/aromatic N) is 1. The fourth-order valence-electron chi connectivity index (χ4n) is 2.69. The van der Waals surface area contributed by atoms with Crippen LogP contribution in [0.4, 0.5) is 22.0 Å². The Bertz CT molecular complexity index is 874. The Hall–Kier alpha value is -2.46. The molecule has 0 bridgehead atoms. The van der Waals surface area contributed by atoms with Crippen LogP contribution in [0.5, 0.6) is 5.88 Å². The first-order valence-corrected chi connectivity index (χ1v) is 9.19. The number of alkyl halides is 3. The minimum atomic E-state index is -5.08. The molecule has 0 spiro atoms. The van der Waals surface area contributed by atoms with Gasteiger partial charge in [0.15, 0.2) is 0 Å². The number of hydrogen-bond acceptors (Lipinski definition) is 4. The molecular formula is C19H18ClF5N2O3. The lowest BCUT2D eigenvalue weighted by Crippen LogP contribution is -2.27. The zero-order valence-electron chi connectivity index (χ0n) is 15.5. The highest BCUT2D eigenvalue weighted by Gasteiger charge is 2.38. The van der Waals surface area contributed by atoms with Gasteiger partial charge in [0.1, 0.15) is 18.2 Å². The number of aliphatic carboxylic acids is 1. The van der Waals surface area contributed by atoms with Gasteiger partial charge in [-0.2, -0.15) is 13.2 Å². The Kier molecular flexibility index (Phi) is 8.36. The van der Waals surface area contributed by atoms with Crippen molar-refractivity contribution in [1.29, 1.82) is 0 Å². The van der Waals surface area contributed by atoms with Gasteiger partial charge in [-0.3, -0.25) is 0 Å². The van der Waals surface area contributed by atoms with Crippen molar-refractivity contribution in [2.45, 2.75) is 31.5 Å². The standard InChI is InChI=1S/C17H17ClF2N2O.C2HF3O2/c18-13-2-1-12(15(20)9-13)10-23-16-4-3-14(19)17(22-16)11-5-7-21-8-6-11;3-2(4,5)1(6)7/h1-4,9,11,21H,5-8,10H2;(H,6,7). The first-order chi connectivity index (χ1) is 14.1. The minimum absolute atomic E-state index is 0.0211. The summed E-state index contributed by atoms with van der Waals surface area (Å²) in [4.78, 5) is 13.2. The van der Waals surface area contributed by atoms with E-state index >= 15 is 0 Å². The van der Waals surface area contributed by atoms with Gasteiger partial charge in [0.05, 0.1) is 5.69 Å². The van der Waals surface area contributed by atoms with Crippen molar-refractivity contribution >= 4 is 17.6 Å². The van der Waals surface area contributed by atoms with Crippen molar-refractivity contribution < 1.29 is 36.6 Å². The van der Waals surface area contributed by atoms with Crippen molar-refractivity contribution in [2.24, 2.45) is 0 Å². The third-order valence-electron chi connectivity index (χ3n) is 4.21. The van der Waals surface area contributed by atoms with Crippen molar-refractivity contribution in [3.8, 4) is 5.88 Å². The molecule has 11 heteroatoms. The number of benzene rings is 1. The molecule has 1 saturated heterocycles. The smallest absolute Gasteiger partial charge is 0.475 e. The fraction of sp³-hybridized carbons (Fsp3) is 0.368. The normalized spacial score (nSPS) is 14.6. The highest BCUT2D eigenvalue weighted by atomic mass is 35.5. The maximum Gasteiger partial charge on any atom is 0.490 e. The third kappa shape index (κ3) is 7.10. The number of halogens is 6. The van der Waals surface area contributed by atoms with Crippen molar-refractivity contribution in [1.82, 2.24) is 10.3 Å². The summed E-state index contributed by atoms with van der Waals surface area (Å²) >= 11 is 5.72. The van der Waals surface area contributed by atoms with E-state index in [9.17, 15) is 22.0 Å². The molecule has 0 amide bonds. The van der Waals surface area contributed by atoms with Crippen LogP contribution >= 0.6 is 11.6 Å². The van der Waals surface area contributed by atoms with Crippen LogP contribution in [0, 0.1) is 11.6 Å². The number of piperidine rings is 1.